The number of likely N-dealkylation sites (tertiary alicyclic amines) is 1. The number of nitrogens with zero attached hydrogens (tertiary/aromatic N) is 1. The zero-order chi connectivity index (χ0) is 15.5. The zero-order valence-corrected chi connectivity index (χ0v) is 13.1. The van der Waals surface area contributed by atoms with E-state index >= 15 is 0 Å². The first-order valence-corrected chi connectivity index (χ1v) is 7.72. The Bertz CT molecular complexity index is 501. The predicted molar refractivity (Wildman–Crippen MR) is 82.5 cm³/mol. The van der Waals surface area contributed by atoms with Crippen molar-refractivity contribution in [2.75, 3.05) is 6.54 Å². The third kappa shape index (κ3) is 3.38. The lowest BCUT2D eigenvalue weighted by Crippen LogP contribution is -2.49. The van der Waals surface area contributed by atoms with Crippen LogP contribution in [0.1, 0.15) is 45.6 Å². The Morgan fingerprint density at radius 1 is 1.48 bits per heavy atom. The topological polar surface area (TPSA) is 49.8 Å². The second-order valence-electron chi connectivity index (χ2n) is 6.03. The number of hydrogen-bond acceptors (Lipinski definition) is 3. The van der Waals surface area contributed by atoms with E-state index in [1.807, 2.05) is 45.0 Å². The van der Waals surface area contributed by atoms with Crippen molar-refractivity contribution in [3.63, 3.8) is 0 Å². The van der Waals surface area contributed by atoms with Crippen LogP contribution in [0.5, 0.6) is 5.75 Å². The molecule has 116 valence electrons. The van der Waals surface area contributed by atoms with Crippen LogP contribution in [0.15, 0.2) is 24.3 Å². The average molecular weight is 291 g/mol. The fourth-order valence-corrected chi connectivity index (χ4v) is 3.17. The van der Waals surface area contributed by atoms with E-state index in [4.69, 9.17) is 4.74 Å². The van der Waals surface area contributed by atoms with Crippen LogP contribution in [0.3, 0.4) is 0 Å². The van der Waals surface area contributed by atoms with Crippen molar-refractivity contribution in [1.29, 1.82) is 0 Å². The van der Waals surface area contributed by atoms with E-state index in [0.717, 1.165) is 30.7 Å². The molecule has 0 amide bonds. The van der Waals surface area contributed by atoms with Gasteiger partial charge < -0.3 is 9.84 Å². The van der Waals surface area contributed by atoms with Gasteiger partial charge in [-0.05, 0) is 57.4 Å². The van der Waals surface area contributed by atoms with E-state index < -0.39 is 11.5 Å². The van der Waals surface area contributed by atoms with Crippen LogP contribution in [0, 0.1) is 0 Å². The van der Waals surface area contributed by atoms with Crippen LogP contribution in [-0.4, -0.2) is 34.2 Å². The summed E-state index contributed by atoms with van der Waals surface area (Å²) in [5.41, 5.74) is 0.406. The summed E-state index contributed by atoms with van der Waals surface area (Å²) in [5.74, 6) is 0.149. The third-order valence-corrected chi connectivity index (χ3v) is 4.25. The maximum absolute atomic E-state index is 11.7. The molecule has 21 heavy (non-hydrogen) atoms. The molecule has 1 saturated heterocycles. The van der Waals surface area contributed by atoms with E-state index in [1.54, 1.807) is 0 Å². The maximum Gasteiger partial charge on any atom is 0.324 e. The highest BCUT2D eigenvalue weighted by atomic mass is 16.5. The summed E-state index contributed by atoms with van der Waals surface area (Å²) in [7, 11) is 0. The highest BCUT2D eigenvalue weighted by Gasteiger charge is 2.45. The lowest BCUT2D eigenvalue weighted by molar-refractivity contribution is -0.150. The van der Waals surface area contributed by atoms with Gasteiger partial charge in [-0.1, -0.05) is 19.1 Å². The molecule has 0 bridgehead atoms. The minimum absolute atomic E-state index is 0.140. The van der Waals surface area contributed by atoms with E-state index in [9.17, 15) is 9.90 Å². The number of benzene rings is 1. The Kier molecular flexibility index (Phi) is 4.88. The van der Waals surface area contributed by atoms with Crippen LogP contribution in [0.4, 0.5) is 0 Å². The summed E-state index contributed by atoms with van der Waals surface area (Å²) in [6, 6.07) is 7.96. The lowest BCUT2D eigenvalue weighted by atomic mass is 9.92. The molecule has 1 aromatic rings. The molecule has 4 nitrogen and oxygen atoms in total. The summed E-state index contributed by atoms with van der Waals surface area (Å²) in [4.78, 5) is 13.8. The molecule has 4 heteroatoms. The van der Waals surface area contributed by atoms with Gasteiger partial charge in [-0.2, -0.15) is 0 Å². The first-order valence-electron chi connectivity index (χ1n) is 7.72. The smallest absolute Gasteiger partial charge is 0.324 e. The number of aliphatic carboxylic acids is 1. The monoisotopic (exact) mass is 291 g/mol. The number of hydrogen-bond donors (Lipinski definition) is 1. The van der Waals surface area contributed by atoms with Crippen molar-refractivity contribution >= 4 is 5.97 Å². The maximum atomic E-state index is 11.7. The fraction of sp³-hybridized carbons (Fsp3) is 0.588. The quantitative estimate of drug-likeness (QED) is 0.873. The summed E-state index contributed by atoms with van der Waals surface area (Å²) >= 11 is 0. The van der Waals surface area contributed by atoms with Crippen LogP contribution in [0.25, 0.3) is 0 Å². The van der Waals surface area contributed by atoms with Crippen molar-refractivity contribution in [1.82, 2.24) is 4.90 Å². The van der Waals surface area contributed by atoms with Gasteiger partial charge in [0.05, 0.1) is 6.10 Å². The molecule has 0 aliphatic carbocycles. The van der Waals surface area contributed by atoms with Gasteiger partial charge in [0.25, 0.3) is 0 Å². The number of carboxylic acids is 1. The predicted octanol–water partition coefficient (Wildman–Crippen LogP) is 3.30. The first-order chi connectivity index (χ1) is 9.98. The Morgan fingerprint density at radius 3 is 2.86 bits per heavy atom. The molecule has 2 rings (SSSR count). The van der Waals surface area contributed by atoms with Gasteiger partial charge in [0.2, 0.25) is 0 Å². The molecule has 1 atom stereocenters. The van der Waals surface area contributed by atoms with Crippen molar-refractivity contribution in [3.8, 4) is 5.75 Å². The number of carbonyl (C=O) groups is 1. The van der Waals surface area contributed by atoms with Crippen molar-refractivity contribution < 1.29 is 14.6 Å². The van der Waals surface area contributed by atoms with Gasteiger partial charge in [-0.3, -0.25) is 9.69 Å². The summed E-state index contributed by atoms with van der Waals surface area (Å²) in [5, 5.41) is 9.62. The molecule has 0 saturated carbocycles. The second-order valence-corrected chi connectivity index (χ2v) is 6.03. The Morgan fingerprint density at radius 2 is 2.24 bits per heavy atom. The van der Waals surface area contributed by atoms with Crippen LogP contribution < -0.4 is 4.74 Å². The molecular weight excluding hydrogens is 266 g/mol. The number of ether oxygens (including phenoxy) is 1. The van der Waals surface area contributed by atoms with Gasteiger partial charge in [-0.15, -0.1) is 0 Å². The summed E-state index contributed by atoms with van der Waals surface area (Å²) in [6.45, 7) is 7.47. The molecule has 1 aromatic carbocycles. The first kappa shape index (κ1) is 15.8. The molecule has 0 spiro atoms. The molecule has 1 aliphatic rings. The Labute approximate surface area is 126 Å². The standard InChI is InChI=1S/C17H25NO3/c1-4-17(16(19)20)9-6-10-18(17)12-14-7-5-8-15(11-14)21-13(2)3/h5,7-8,11,13H,4,6,9-10,12H2,1-3H3,(H,19,20). The van der Waals surface area contributed by atoms with Gasteiger partial charge in [0.15, 0.2) is 0 Å². The molecule has 0 aromatic heterocycles. The third-order valence-electron chi connectivity index (χ3n) is 4.25. The summed E-state index contributed by atoms with van der Waals surface area (Å²) in [6.07, 6.45) is 2.47. The molecule has 0 radical (unpaired) electrons. The van der Waals surface area contributed by atoms with Crippen molar-refractivity contribution in [2.45, 2.75) is 58.2 Å². The Balaban J connectivity index is 2.15. The van der Waals surface area contributed by atoms with E-state index in [1.165, 1.54) is 0 Å². The van der Waals surface area contributed by atoms with Crippen LogP contribution in [-0.2, 0) is 11.3 Å². The summed E-state index contributed by atoms with van der Waals surface area (Å²) < 4.78 is 5.71. The fourth-order valence-electron chi connectivity index (χ4n) is 3.17. The normalized spacial score (nSPS) is 22.7. The van der Waals surface area contributed by atoms with E-state index in [0.29, 0.717) is 13.0 Å². The molecule has 1 N–H and O–H groups in total. The highest BCUT2D eigenvalue weighted by molar-refractivity contribution is 5.79. The molecule has 1 heterocycles. The number of carboxylic acid groups (broad SMARTS) is 1. The molecule has 1 fully saturated rings. The van der Waals surface area contributed by atoms with E-state index in [-0.39, 0.29) is 6.10 Å². The Hall–Kier alpha value is -1.55. The molecule has 1 unspecified atom stereocenters. The van der Waals surface area contributed by atoms with Gasteiger partial charge >= 0.3 is 5.97 Å². The van der Waals surface area contributed by atoms with Gasteiger partial charge in [0.1, 0.15) is 11.3 Å². The van der Waals surface area contributed by atoms with E-state index in [2.05, 4.69) is 4.90 Å². The molecule has 1 aliphatic heterocycles. The zero-order valence-electron chi connectivity index (χ0n) is 13.1. The lowest BCUT2D eigenvalue weighted by Gasteiger charge is -2.34. The average Bonchev–Trinajstić information content (AvgIpc) is 2.82. The van der Waals surface area contributed by atoms with Crippen LogP contribution in [0.2, 0.25) is 0 Å². The van der Waals surface area contributed by atoms with Crippen molar-refractivity contribution in [3.05, 3.63) is 29.8 Å². The largest absolute Gasteiger partial charge is 0.491 e. The SMILES string of the molecule is CCC1(C(=O)O)CCCN1Cc1cccc(OC(C)C)c1. The highest BCUT2D eigenvalue weighted by Crippen LogP contribution is 2.34. The molecular formula is C17H25NO3. The minimum atomic E-state index is -0.699. The second kappa shape index (κ2) is 6.48. The minimum Gasteiger partial charge on any atom is -0.491 e. The van der Waals surface area contributed by atoms with Gasteiger partial charge in [-0.25, -0.2) is 0 Å². The number of rotatable bonds is 6. The van der Waals surface area contributed by atoms with Gasteiger partial charge in [0, 0.05) is 6.54 Å². The van der Waals surface area contributed by atoms with Crippen molar-refractivity contribution in [2.24, 2.45) is 0 Å². The van der Waals surface area contributed by atoms with Crippen LogP contribution >= 0.6 is 0 Å².